The molecule has 4 heteroatoms. The van der Waals surface area contributed by atoms with Crippen LogP contribution in [0, 0.1) is 0 Å². The lowest BCUT2D eigenvalue weighted by molar-refractivity contribution is -0.0106. The van der Waals surface area contributed by atoms with Gasteiger partial charge in [-0.05, 0) is 5.56 Å². The molecule has 0 aliphatic carbocycles. The van der Waals surface area contributed by atoms with Gasteiger partial charge in [0.15, 0.2) is 7.28 Å². The largest absolute Gasteiger partial charge is 0.399 e. The van der Waals surface area contributed by atoms with Gasteiger partial charge >= 0.3 is 0 Å². The molecule has 1 heterocycles. The summed E-state index contributed by atoms with van der Waals surface area (Å²) >= 11 is 0. The SMILES string of the molecule is OC1[B]C(c2ccccc2)=CC(O)C1O. The van der Waals surface area contributed by atoms with Crippen LogP contribution >= 0.6 is 0 Å². The third kappa shape index (κ3) is 2.12. The molecule has 1 aliphatic heterocycles. The Morgan fingerprint density at radius 2 is 1.67 bits per heavy atom. The third-order valence-electron chi connectivity index (χ3n) is 2.51. The first-order valence-corrected chi connectivity index (χ1v) is 4.85. The van der Waals surface area contributed by atoms with Crippen molar-refractivity contribution in [2.45, 2.75) is 18.2 Å². The first-order chi connectivity index (χ1) is 7.18. The van der Waals surface area contributed by atoms with Crippen molar-refractivity contribution in [3.8, 4) is 0 Å². The molecule has 1 radical (unpaired) electrons. The second-order valence-corrected chi connectivity index (χ2v) is 3.63. The average molecular weight is 203 g/mol. The Kier molecular flexibility index (Phi) is 2.91. The molecule has 0 aromatic heterocycles. The van der Waals surface area contributed by atoms with Gasteiger partial charge in [-0.3, -0.25) is 0 Å². The van der Waals surface area contributed by atoms with Crippen molar-refractivity contribution in [1.82, 2.24) is 0 Å². The Hall–Kier alpha value is -1.10. The standard InChI is InChI=1S/C11H12BO3/c13-9-6-8(12-11(15)10(9)14)7-4-2-1-3-5-7/h1-6,9-11,13-15H. The topological polar surface area (TPSA) is 60.7 Å². The van der Waals surface area contributed by atoms with Crippen molar-refractivity contribution >= 4 is 12.8 Å². The highest BCUT2D eigenvalue weighted by Crippen LogP contribution is 2.21. The van der Waals surface area contributed by atoms with E-state index < -0.39 is 18.2 Å². The molecule has 3 unspecified atom stereocenters. The van der Waals surface area contributed by atoms with Crippen LogP contribution < -0.4 is 0 Å². The van der Waals surface area contributed by atoms with Gasteiger partial charge in [-0.25, -0.2) is 0 Å². The van der Waals surface area contributed by atoms with Gasteiger partial charge in [-0.2, -0.15) is 0 Å². The molecule has 2 rings (SSSR count). The lowest BCUT2D eigenvalue weighted by Crippen LogP contribution is -2.44. The van der Waals surface area contributed by atoms with E-state index in [0.29, 0.717) is 0 Å². The quantitative estimate of drug-likeness (QED) is 0.553. The van der Waals surface area contributed by atoms with Crippen LogP contribution in [0.3, 0.4) is 0 Å². The summed E-state index contributed by atoms with van der Waals surface area (Å²) in [5.74, 6) is 0. The number of hydrogen-bond donors (Lipinski definition) is 3. The predicted molar refractivity (Wildman–Crippen MR) is 58.2 cm³/mol. The molecule has 1 aromatic rings. The van der Waals surface area contributed by atoms with E-state index in [2.05, 4.69) is 0 Å². The molecule has 0 amide bonds. The van der Waals surface area contributed by atoms with Gasteiger partial charge in [0.25, 0.3) is 0 Å². The second kappa shape index (κ2) is 4.19. The Labute approximate surface area is 88.9 Å². The van der Waals surface area contributed by atoms with Crippen molar-refractivity contribution in [3.05, 3.63) is 42.0 Å². The molecular weight excluding hydrogens is 191 g/mol. The Morgan fingerprint density at radius 1 is 1.00 bits per heavy atom. The average Bonchev–Trinajstić information content (AvgIpc) is 2.26. The summed E-state index contributed by atoms with van der Waals surface area (Å²) < 4.78 is 0. The van der Waals surface area contributed by atoms with Crippen LogP contribution in [0.25, 0.3) is 5.47 Å². The molecule has 1 aromatic carbocycles. The zero-order valence-electron chi connectivity index (χ0n) is 8.12. The lowest BCUT2D eigenvalue weighted by Gasteiger charge is -2.27. The maximum atomic E-state index is 9.47. The summed E-state index contributed by atoms with van der Waals surface area (Å²) in [6.45, 7) is 0. The maximum Gasteiger partial charge on any atom is 0.193 e. The first-order valence-electron chi connectivity index (χ1n) is 4.85. The van der Waals surface area contributed by atoms with Crippen molar-refractivity contribution < 1.29 is 15.3 Å². The molecule has 0 spiro atoms. The van der Waals surface area contributed by atoms with Gasteiger partial charge in [0.05, 0.1) is 12.1 Å². The van der Waals surface area contributed by atoms with Crippen LogP contribution in [-0.4, -0.2) is 40.8 Å². The van der Waals surface area contributed by atoms with E-state index in [0.717, 1.165) is 11.0 Å². The molecule has 3 N–H and O–H groups in total. The highest BCUT2D eigenvalue weighted by molar-refractivity contribution is 6.62. The molecule has 0 saturated heterocycles. The molecule has 0 saturated carbocycles. The number of rotatable bonds is 1. The monoisotopic (exact) mass is 203 g/mol. The Morgan fingerprint density at radius 3 is 2.27 bits per heavy atom. The van der Waals surface area contributed by atoms with Crippen LogP contribution in [0.2, 0.25) is 0 Å². The fraction of sp³-hybridized carbons (Fsp3) is 0.273. The van der Waals surface area contributed by atoms with Crippen LogP contribution in [-0.2, 0) is 0 Å². The van der Waals surface area contributed by atoms with Gasteiger partial charge in [0, 0.05) is 0 Å². The van der Waals surface area contributed by atoms with Gasteiger partial charge in [-0.15, -0.1) is 0 Å². The summed E-state index contributed by atoms with van der Waals surface area (Å²) in [6, 6.07) is 8.43. The minimum atomic E-state index is -1.13. The smallest absolute Gasteiger partial charge is 0.193 e. The lowest BCUT2D eigenvalue weighted by atomic mass is 9.56. The van der Waals surface area contributed by atoms with E-state index in [1.165, 1.54) is 0 Å². The van der Waals surface area contributed by atoms with E-state index in [9.17, 15) is 15.3 Å². The predicted octanol–water partition coefficient (Wildman–Crippen LogP) is -0.215. The van der Waals surface area contributed by atoms with E-state index in [1.807, 2.05) is 30.3 Å². The summed E-state index contributed by atoms with van der Waals surface area (Å²) in [6.07, 6.45) is -0.593. The van der Waals surface area contributed by atoms with Crippen LogP contribution in [0.15, 0.2) is 36.4 Å². The number of aliphatic hydroxyl groups excluding tert-OH is 3. The van der Waals surface area contributed by atoms with Crippen molar-refractivity contribution in [2.75, 3.05) is 0 Å². The molecule has 77 valence electrons. The second-order valence-electron chi connectivity index (χ2n) is 3.63. The Bertz CT molecular complexity index is 363. The zero-order chi connectivity index (χ0) is 10.8. The fourth-order valence-electron chi connectivity index (χ4n) is 1.65. The number of benzene rings is 1. The molecule has 0 fully saturated rings. The first kappa shape index (κ1) is 10.4. The van der Waals surface area contributed by atoms with E-state index in [-0.39, 0.29) is 0 Å². The molecule has 0 bridgehead atoms. The van der Waals surface area contributed by atoms with E-state index >= 15 is 0 Å². The van der Waals surface area contributed by atoms with Crippen molar-refractivity contribution in [3.63, 3.8) is 0 Å². The van der Waals surface area contributed by atoms with Crippen molar-refractivity contribution in [1.29, 1.82) is 0 Å². The third-order valence-corrected chi connectivity index (χ3v) is 2.51. The highest BCUT2D eigenvalue weighted by atomic mass is 16.4. The van der Waals surface area contributed by atoms with Gasteiger partial charge in [-0.1, -0.05) is 41.9 Å². The van der Waals surface area contributed by atoms with Crippen molar-refractivity contribution in [2.24, 2.45) is 0 Å². The fourth-order valence-corrected chi connectivity index (χ4v) is 1.65. The minimum absolute atomic E-state index is 0.751. The van der Waals surface area contributed by atoms with E-state index in [4.69, 9.17) is 0 Å². The zero-order valence-corrected chi connectivity index (χ0v) is 8.12. The number of hydrogen-bond acceptors (Lipinski definition) is 3. The van der Waals surface area contributed by atoms with Crippen LogP contribution in [0.5, 0.6) is 0 Å². The van der Waals surface area contributed by atoms with Gasteiger partial charge in [0.2, 0.25) is 0 Å². The maximum absolute atomic E-state index is 9.47. The van der Waals surface area contributed by atoms with Gasteiger partial charge in [0.1, 0.15) is 6.10 Å². The highest BCUT2D eigenvalue weighted by Gasteiger charge is 2.30. The molecule has 3 nitrogen and oxygen atoms in total. The Balaban J connectivity index is 2.28. The summed E-state index contributed by atoms with van der Waals surface area (Å²) in [5, 5.41) is 28.3. The molecule has 1 aliphatic rings. The van der Waals surface area contributed by atoms with Crippen LogP contribution in [0.4, 0.5) is 0 Å². The molecular formula is C11H12BO3. The molecule has 15 heavy (non-hydrogen) atoms. The summed E-state index contributed by atoms with van der Waals surface area (Å²) in [5.41, 5.74) is 1.67. The van der Waals surface area contributed by atoms with E-state index in [1.54, 1.807) is 13.4 Å². The minimum Gasteiger partial charge on any atom is -0.399 e. The normalized spacial score (nSPS) is 30.6. The van der Waals surface area contributed by atoms with Crippen LogP contribution in [0.1, 0.15) is 5.56 Å². The molecule has 3 atom stereocenters. The number of aliphatic hydroxyl groups is 3. The van der Waals surface area contributed by atoms with Gasteiger partial charge < -0.3 is 15.3 Å². The summed E-state index contributed by atoms with van der Waals surface area (Å²) in [7, 11) is 1.55. The summed E-state index contributed by atoms with van der Waals surface area (Å²) in [4.78, 5) is 0.